The zero-order chi connectivity index (χ0) is 19.0. The maximum atomic E-state index is 12.8. The van der Waals surface area contributed by atoms with Crippen LogP contribution in [-0.2, 0) is 11.2 Å². The van der Waals surface area contributed by atoms with Gasteiger partial charge in [0, 0.05) is 42.6 Å². The summed E-state index contributed by atoms with van der Waals surface area (Å²) in [5.41, 5.74) is 15.4. The number of hydrogen-bond acceptors (Lipinski definition) is 4. The number of carbonyl (C=O) groups is 2. The van der Waals surface area contributed by atoms with E-state index in [2.05, 4.69) is 6.07 Å². The zero-order valence-corrected chi connectivity index (χ0v) is 15.2. The lowest BCUT2D eigenvalue weighted by Crippen LogP contribution is -2.50. The molecular weight excluding hydrogens is 340 g/mol. The molecule has 1 fully saturated rings. The molecule has 6 nitrogen and oxygen atoms in total. The van der Waals surface area contributed by atoms with Crippen LogP contribution in [0.1, 0.15) is 35.2 Å². The quantitative estimate of drug-likeness (QED) is 0.801. The molecule has 4 N–H and O–H groups in total. The van der Waals surface area contributed by atoms with E-state index in [1.54, 1.807) is 18.2 Å². The zero-order valence-electron chi connectivity index (χ0n) is 15.2. The van der Waals surface area contributed by atoms with Gasteiger partial charge in [-0.3, -0.25) is 9.59 Å². The number of piperidine rings is 1. The van der Waals surface area contributed by atoms with Gasteiger partial charge in [0.15, 0.2) is 0 Å². The summed E-state index contributed by atoms with van der Waals surface area (Å²) in [6.45, 7) is 1.22. The van der Waals surface area contributed by atoms with E-state index in [9.17, 15) is 9.59 Å². The van der Waals surface area contributed by atoms with Crippen LogP contribution in [0, 0.1) is 0 Å². The molecule has 0 unspecified atom stereocenters. The Morgan fingerprint density at radius 1 is 1.00 bits per heavy atom. The third-order valence-electron chi connectivity index (χ3n) is 5.55. The highest BCUT2D eigenvalue weighted by molar-refractivity contribution is 6.00. The Morgan fingerprint density at radius 2 is 1.74 bits per heavy atom. The summed E-state index contributed by atoms with van der Waals surface area (Å²) < 4.78 is 0. The molecular formula is C21H24N4O2. The number of anilines is 3. The molecule has 0 aromatic heterocycles. The molecule has 2 aromatic carbocycles. The first kappa shape index (κ1) is 17.4. The Balaban J connectivity index is 1.48. The summed E-state index contributed by atoms with van der Waals surface area (Å²) in [6.07, 6.45) is 2.89. The molecule has 4 rings (SSSR count). The number of benzene rings is 2. The molecule has 2 heterocycles. The van der Waals surface area contributed by atoms with Crippen molar-refractivity contribution in [3.8, 4) is 0 Å². The predicted octanol–water partition coefficient (Wildman–Crippen LogP) is 2.43. The van der Waals surface area contributed by atoms with Crippen molar-refractivity contribution in [3.05, 3.63) is 53.6 Å². The van der Waals surface area contributed by atoms with Crippen molar-refractivity contribution >= 4 is 28.9 Å². The van der Waals surface area contributed by atoms with E-state index < -0.39 is 0 Å². The van der Waals surface area contributed by atoms with Gasteiger partial charge in [-0.05, 0) is 49.1 Å². The van der Waals surface area contributed by atoms with Crippen LogP contribution in [0.5, 0.6) is 0 Å². The number of nitrogens with two attached hydrogens (primary N) is 2. The van der Waals surface area contributed by atoms with Crippen LogP contribution < -0.4 is 16.4 Å². The van der Waals surface area contributed by atoms with Crippen LogP contribution in [0.2, 0.25) is 0 Å². The molecule has 0 saturated carbocycles. The second kappa shape index (κ2) is 6.95. The minimum atomic E-state index is -0.0729. The van der Waals surface area contributed by atoms with E-state index in [1.807, 2.05) is 28.0 Å². The minimum absolute atomic E-state index is 0.0729. The summed E-state index contributed by atoms with van der Waals surface area (Å²) >= 11 is 0. The largest absolute Gasteiger partial charge is 0.399 e. The van der Waals surface area contributed by atoms with E-state index in [1.165, 1.54) is 5.56 Å². The third kappa shape index (κ3) is 3.23. The summed E-state index contributed by atoms with van der Waals surface area (Å²) in [6, 6.07) is 13.2. The lowest BCUT2D eigenvalue weighted by Gasteiger charge is -2.41. The van der Waals surface area contributed by atoms with Crippen molar-refractivity contribution < 1.29 is 9.59 Å². The van der Waals surface area contributed by atoms with E-state index in [0.29, 0.717) is 36.4 Å². The van der Waals surface area contributed by atoms with Crippen molar-refractivity contribution in [2.75, 3.05) is 29.5 Å². The Morgan fingerprint density at radius 3 is 2.48 bits per heavy atom. The number of para-hydroxylation sites is 1. The molecule has 2 aliphatic heterocycles. The number of carbonyl (C=O) groups excluding carboxylic acids is 2. The summed E-state index contributed by atoms with van der Waals surface area (Å²) in [4.78, 5) is 29.2. The second-order valence-corrected chi connectivity index (χ2v) is 7.26. The fourth-order valence-corrected chi connectivity index (χ4v) is 4.13. The molecule has 140 valence electrons. The smallest absolute Gasteiger partial charge is 0.255 e. The average Bonchev–Trinajstić information content (AvgIpc) is 2.68. The molecule has 0 radical (unpaired) electrons. The van der Waals surface area contributed by atoms with Gasteiger partial charge in [-0.1, -0.05) is 18.2 Å². The van der Waals surface area contributed by atoms with Gasteiger partial charge in [-0.15, -0.1) is 0 Å². The maximum Gasteiger partial charge on any atom is 0.255 e. The summed E-state index contributed by atoms with van der Waals surface area (Å²) in [5, 5.41) is 0. The number of aryl methyl sites for hydroxylation is 1. The lowest BCUT2D eigenvalue weighted by molar-refractivity contribution is -0.119. The first-order valence-electron chi connectivity index (χ1n) is 9.39. The van der Waals surface area contributed by atoms with Gasteiger partial charge in [0.05, 0.1) is 5.56 Å². The van der Waals surface area contributed by atoms with Crippen LogP contribution in [-0.4, -0.2) is 35.8 Å². The molecule has 2 aromatic rings. The number of amides is 2. The molecule has 2 amide bonds. The van der Waals surface area contributed by atoms with Crippen molar-refractivity contribution in [1.29, 1.82) is 0 Å². The Kier molecular flexibility index (Phi) is 4.48. The van der Waals surface area contributed by atoms with E-state index in [4.69, 9.17) is 11.5 Å². The van der Waals surface area contributed by atoms with Gasteiger partial charge in [0.25, 0.3) is 5.91 Å². The van der Waals surface area contributed by atoms with E-state index in [-0.39, 0.29) is 17.9 Å². The minimum Gasteiger partial charge on any atom is -0.399 e. The van der Waals surface area contributed by atoms with Crippen LogP contribution in [0.4, 0.5) is 17.1 Å². The molecule has 2 aliphatic rings. The van der Waals surface area contributed by atoms with Crippen molar-refractivity contribution in [2.45, 2.75) is 31.7 Å². The van der Waals surface area contributed by atoms with Crippen LogP contribution in [0.25, 0.3) is 0 Å². The number of nitrogen functional groups attached to an aromatic ring is 2. The number of likely N-dealkylation sites (tertiary alicyclic amines) is 1. The SMILES string of the molecule is Nc1ccc(C(=O)N2CCC(N3C(=O)CCc4ccccc43)CC2)c(N)c1. The molecule has 6 heteroatoms. The highest BCUT2D eigenvalue weighted by Crippen LogP contribution is 2.32. The second-order valence-electron chi connectivity index (χ2n) is 7.26. The molecule has 1 saturated heterocycles. The van der Waals surface area contributed by atoms with Gasteiger partial charge >= 0.3 is 0 Å². The Labute approximate surface area is 158 Å². The topological polar surface area (TPSA) is 92.7 Å². The average molecular weight is 364 g/mol. The van der Waals surface area contributed by atoms with Crippen molar-refractivity contribution in [1.82, 2.24) is 4.90 Å². The predicted molar refractivity (Wildman–Crippen MR) is 106 cm³/mol. The lowest BCUT2D eigenvalue weighted by atomic mass is 9.95. The Bertz CT molecular complexity index is 888. The molecule has 0 spiro atoms. The van der Waals surface area contributed by atoms with Crippen LogP contribution in [0.15, 0.2) is 42.5 Å². The molecule has 0 atom stereocenters. The van der Waals surface area contributed by atoms with Crippen molar-refractivity contribution in [3.63, 3.8) is 0 Å². The molecule has 0 bridgehead atoms. The first-order chi connectivity index (χ1) is 13.0. The van der Waals surface area contributed by atoms with Crippen LogP contribution >= 0.6 is 0 Å². The fraction of sp³-hybridized carbons (Fsp3) is 0.333. The number of fused-ring (bicyclic) bond motifs is 1. The van der Waals surface area contributed by atoms with Gasteiger partial charge in [0.2, 0.25) is 5.91 Å². The number of nitrogens with zero attached hydrogens (tertiary/aromatic N) is 2. The van der Waals surface area contributed by atoms with E-state index >= 15 is 0 Å². The normalized spacial score (nSPS) is 17.7. The number of hydrogen-bond donors (Lipinski definition) is 2. The van der Waals surface area contributed by atoms with Crippen molar-refractivity contribution in [2.24, 2.45) is 0 Å². The standard InChI is InChI=1S/C21H24N4O2/c22-15-6-7-17(18(23)13-15)21(27)24-11-9-16(10-12-24)25-19-4-2-1-3-14(19)5-8-20(25)26/h1-4,6-7,13,16H,5,8-12,22-23H2. The number of rotatable bonds is 2. The molecule has 27 heavy (non-hydrogen) atoms. The first-order valence-corrected chi connectivity index (χ1v) is 9.39. The van der Waals surface area contributed by atoms with Gasteiger partial charge in [-0.25, -0.2) is 0 Å². The highest BCUT2D eigenvalue weighted by atomic mass is 16.2. The third-order valence-corrected chi connectivity index (χ3v) is 5.55. The maximum absolute atomic E-state index is 12.8. The van der Waals surface area contributed by atoms with Gasteiger partial charge in [-0.2, -0.15) is 0 Å². The van der Waals surface area contributed by atoms with E-state index in [0.717, 1.165) is 24.9 Å². The highest BCUT2D eigenvalue weighted by Gasteiger charge is 2.33. The molecule has 0 aliphatic carbocycles. The fourth-order valence-electron chi connectivity index (χ4n) is 4.13. The van der Waals surface area contributed by atoms with Crippen LogP contribution in [0.3, 0.4) is 0 Å². The van der Waals surface area contributed by atoms with Gasteiger partial charge in [0.1, 0.15) is 0 Å². The Hall–Kier alpha value is -3.02. The monoisotopic (exact) mass is 364 g/mol. The summed E-state index contributed by atoms with van der Waals surface area (Å²) in [7, 11) is 0. The summed E-state index contributed by atoms with van der Waals surface area (Å²) in [5.74, 6) is 0.109. The van der Waals surface area contributed by atoms with Gasteiger partial charge < -0.3 is 21.3 Å².